The van der Waals surface area contributed by atoms with E-state index < -0.39 is 84.9 Å². The first-order valence-electron chi connectivity index (χ1n) is 11.1. The molecule has 0 heterocycles. The molecule has 0 aliphatic heterocycles. The lowest BCUT2D eigenvalue weighted by atomic mass is 9.54. The third-order valence-electron chi connectivity index (χ3n) is 6.23. The fraction of sp³-hybridized carbons (Fsp3) is 0.727. The predicted octanol–water partition coefficient (Wildman–Crippen LogP) is 7.15. The van der Waals surface area contributed by atoms with Crippen LogP contribution >= 0.6 is 0 Å². The second kappa shape index (κ2) is 12.1. The van der Waals surface area contributed by atoms with Crippen molar-refractivity contribution in [3.05, 3.63) is 25.3 Å². The average Bonchev–Trinajstić information content (AvgIpc) is 2.79. The van der Waals surface area contributed by atoms with E-state index in [0.717, 1.165) is 0 Å². The Kier molecular flexibility index (Phi) is 10.8. The van der Waals surface area contributed by atoms with Crippen LogP contribution in [0.4, 0.5) is 61.5 Å². The molecule has 0 N–H and O–H groups in total. The molecule has 232 valence electrons. The van der Waals surface area contributed by atoms with E-state index in [9.17, 15) is 71.1 Å². The highest BCUT2D eigenvalue weighted by atomic mass is 19.4. The van der Waals surface area contributed by atoms with Gasteiger partial charge < -0.3 is 9.47 Å². The van der Waals surface area contributed by atoms with E-state index in [1.807, 2.05) is 0 Å². The van der Waals surface area contributed by atoms with Crippen LogP contribution in [0.5, 0.6) is 0 Å². The average molecular weight is 616 g/mol. The number of esters is 2. The van der Waals surface area contributed by atoms with E-state index in [1.54, 1.807) is 0 Å². The van der Waals surface area contributed by atoms with Gasteiger partial charge in [-0.2, -0.15) is 61.5 Å². The Bertz CT molecular complexity index is 851. The summed E-state index contributed by atoms with van der Waals surface area (Å²) in [5.41, 5.74) is 0. The van der Waals surface area contributed by atoms with Gasteiger partial charge in [0.25, 0.3) is 0 Å². The van der Waals surface area contributed by atoms with E-state index in [2.05, 4.69) is 22.6 Å². The van der Waals surface area contributed by atoms with Crippen molar-refractivity contribution in [2.24, 2.45) is 23.7 Å². The fourth-order valence-electron chi connectivity index (χ4n) is 4.08. The summed E-state index contributed by atoms with van der Waals surface area (Å²) in [4.78, 5) is 25.0. The van der Waals surface area contributed by atoms with Gasteiger partial charge in [-0.3, -0.25) is 9.59 Å². The van der Waals surface area contributed by atoms with Gasteiger partial charge in [-0.05, 0) is 37.5 Å². The van der Waals surface area contributed by atoms with Crippen LogP contribution in [0.2, 0.25) is 0 Å². The number of halogens is 14. The largest absolute Gasteiger partial charge is 0.460 e. The summed E-state index contributed by atoms with van der Waals surface area (Å²) in [5, 5.41) is 0. The first kappa shape index (κ1) is 35.5. The number of carbonyl (C=O) groups excluding carboxylic acids is 2. The molecule has 0 unspecified atom stereocenters. The van der Waals surface area contributed by atoms with Crippen LogP contribution < -0.4 is 0 Å². The molecule has 1 rings (SSSR count). The molecule has 4 atom stereocenters. The number of rotatable bonds is 14. The summed E-state index contributed by atoms with van der Waals surface area (Å²) in [5.74, 6) is -35.5. The summed E-state index contributed by atoms with van der Waals surface area (Å²) in [6, 6.07) is 0. The molecule has 0 radical (unpaired) electrons. The van der Waals surface area contributed by atoms with Crippen LogP contribution in [0.3, 0.4) is 0 Å². The van der Waals surface area contributed by atoms with Crippen LogP contribution in [0.25, 0.3) is 0 Å². The lowest BCUT2D eigenvalue weighted by molar-refractivity contribution is -0.360. The molecule has 1 aliphatic rings. The Morgan fingerprint density at radius 2 is 0.850 bits per heavy atom. The summed E-state index contributed by atoms with van der Waals surface area (Å²) in [6.45, 7) is 1.05. The monoisotopic (exact) mass is 616 g/mol. The summed E-state index contributed by atoms with van der Waals surface area (Å²) in [6.07, 6.45) is -11.2. The van der Waals surface area contributed by atoms with Gasteiger partial charge in [0, 0.05) is 0 Å². The molecule has 0 amide bonds. The minimum absolute atomic E-state index is 0.0407. The van der Waals surface area contributed by atoms with Crippen molar-refractivity contribution in [1.29, 1.82) is 0 Å². The maximum Gasteiger partial charge on any atom is 0.460 e. The molecule has 18 heteroatoms. The molecule has 0 aromatic heterocycles. The van der Waals surface area contributed by atoms with Crippen LogP contribution in [0.15, 0.2) is 25.3 Å². The van der Waals surface area contributed by atoms with Gasteiger partial charge in [0.2, 0.25) is 0 Å². The van der Waals surface area contributed by atoms with Crippen LogP contribution in [-0.2, 0) is 19.1 Å². The standard InChI is InChI=1S/C22H22F14O4/c1-3-5-7-11-12(8-6-4-2)14(16(38)40-10-18(25,26)20(29,30)22(34,35)36)13(11)15(37)39-9-17(23,24)19(27,28)21(31,32)33/h3-4,11-14H,1-2,5-10H2/t11-,12-,13-,14+/m0/s1. The van der Waals surface area contributed by atoms with Gasteiger partial charge in [-0.15, -0.1) is 13.2 Å². The zero-order chi connectivity index (χ0) is 31.5. The Labute approximate surface area is 217 Å². The molecule has 0 aromatic rings. The maximum absolute atomic E-state index is 13.6. The highest BCUT2D eigenvalue weighted by Gasteiger charge is 2.74. The Hall–Kier alpha value is -2.56. The Balaban J connectivity index is 3.25. The number of hydrogen-bond donors (Lipinski definition) is 0. The molecule has 0 aromatic carbocycles. The number of allylic oxidation sites excluding steroid dienone is 2. The van der Waals surface area contributed by atoms with Crippen molar-refractivity contribution in [3.63, 3.8) is 0 Å². The van der Waals surface area contributed by atoms with Crippen LogP contribution in [0, 0.1) is 23.7 Å². The van der Waals surface area contributed by atoms with E-state index in [-0.39, 0.29) is 25.7 Å². The van der Waals surface area contributed by atoms with Crippen molar-refractivity contribution in [3.8, 4) is 0 Å². The van der Waals surface area contributed by atoms with E-state index >= 15 is 0 Å². The lowest BCUT2D eigenvalue weighted by Gasteiger charge is -2.49. The molecule has 1 aliphatic carbocycles. The van der Waals surface area contributed by atoms with Gasteiger partial charge in [-0.1, -0.05) is 12.2 Å². The molecule has 1 saturated carbocycles. The first-order chi connectivity index (χ1) is 17.9. The van der Waals surface area contributed by atoms with E-state index in [0.29, 0.717) is 0 Å². The van der Waals surface area contributed by atoms with Crippen molar-refractivity contribution in [2.45, 2.75) is 61.7 Å². The minimum Gasteiger partial charge on any atom is -0.459 e. The molecule has 4 nitrogen and oxygen atoms in total. The highest BCUT2D eigenvalue weighted by molar-refractivity contribution is 5.85. The fourth-order valence-corrected chi connectivity index (χ4v) is 4.08. The Morgan fingerprint density at radius 1 is 0.575 bits per heavy atom. The molecule has 0 spiro atoms. The smallest absolute Gasteiger partial charge is 0.459 e. The van der Waals surface area contributed by atoms with Crippen molar-refractivity contribution in [2.75, 3.05) is 13.2 Å². The SMILES string of the molecule is C=CCC[C@H]1[C@H](CCC=C)[C@H](C(=O)OCC(F)(F)C(F)(F)C(F)(F)F)[C@@H]1C(=O)OCC(F)(F)C(F)(F)C(F)(F)F. The topological polar surface area (TPSA) is 52.6 Å². The summed E-state index contributed by atoms with van der Waals surface area (Å²) >= 11 is 0. The van der Waals surface area contributed by atoms with E-state index in [1.165, 1.54) is 12.2 Å². The zero-order valence-corrected chi connectivity index (χ0v) is 20.0. The van der Waals surface area contributed by atoms with E-state index in [4.69, 9.17) is 0 Å². The summed E-state index contributed by atoms with van der Waals surface area (Å²) < 4.78 is 189. The molecular formula is C22H22F14O4. The van der Waals surface area contributed by atoms with Crippen molar-refractivity contribution in [1.82, 2.24) is 0 Å². The molecular weight excluding hydrogens is 594 g/mol. The second-order valence-corrected chi connectivity index (χ2v) is 8.88. The van der Waals surface area contributed by atoms with Crippen molar-refractivity contribution < 1.29 is 80.5 Å². The summed E-state index contributed by atoms with van der Waals surface area (Å²) in [7, 11) is 0. The maximum atomic E-state index is 13.6. The van der Waals surface area contributed by atoms with Gasteiger partial charge in [0.1, 0.15) is 0 Å². The van der Waals surface area contributed by atoms with Crippen LogP contribution in [-0.4, -0.2) is 61.2 Å². The first-order valence-corrected chi connectivity index (χ1v) is 11.1. The number of hydrogen-bond acceptors (Lipinski definition) is 4. The Morgan fingerprint density at radius 3 is 1.07 bits per heavy atom. The zero-order valence-electron chi connectivity index (χ0n) is 20.0. The third kappa shape index (κ3) is 7.01. The lowest BCUT2D eigenvalue weighted by Crippen LogP contribution is -2.58. The molecule has 0 saturated heterocycles. The number of ether oxygens (including phenoxy) is 2. The van der Waals surface area contributed by atoms with Gasteiger partial charge in [0.05, 0.1) is 11.8 Å². The van der Waals surface area contributed by atoms with Gasteiger partial charge >= 0.3 is 48.0 Å². The number of alkyl halides is 14. The molecule has 40 heavy (non-hydrogen) atoms. The predicted molar refractivity (Wildman–Crippen MR) is 107 cm³/mol. The van der Waals surface area contributed by atoms with Crippen LogP contribution in [0.1, 0.15) is 25.7 Å². The second-order valence-electron chi connectivity index (χ2n) is 8.88. The van der Waals surface area contributed by atoms with Gasteiger partial charge in [0.15, 0.2) is 13.2 Å². The van der Waals surface area contributed by atoms with Gasteiger partial charge in [-0.25, -0.2) is 0 Å². The minimum atomic E-state index is -6.77. The number of carbonyl (C=O) groups is 2. The van der Waals surface area contributed by atoms with Crippen molar-refractivity contribution >= 4 is 11.9 Å². The normalized spacial score (nSPS) is 22.8. The highest BCUT2D eigenvalue weighted by Crippen LogP contribution is 2.53. The molecule has 1 fully saturated rings. The quantitative estimate of drug-likeness (QED) is 0.118. The third-order valence-corrected chi connectivity index (χ3v) is 6.23. The molecule has 0 bridgehead atoms.